The summed E-state index contributed by atoms with van der Waals surface area (Å²) in [6.45, 7) is 6.75. The Balaban J connectivity index is 3.53. The van der Waals surface area contributed by atoms with Gasteiger partial charge in [0.2, 0.25) is 0 Å². The maximum Gasteiger partial charge on any atom is 0.310 e. The molecule has 0 spiro atoms. The van der Waals surface area contributed by atoms with Crippen LogP contribution in [0.15, 0.2) is 23.1 Å². The van der Waals surface area contributed by atoms with Crippen LogP contribution in [-0.2, 0) is 6.42 Å². The van der Waals surface area contributed by atoms with E-state index < -0.39 is 15.1 Å². The minimum Gasteiger partial charge on any atom is -0.0936 e. The Morgan fingerprint density at radius 2 is 1.47 bits per heavy atom. The molecule has 0 fully saturated rings. The molecule has 0 radical (unpaired) electrons. The predicted molar refractivity (Wildman–Crippen MR) is 70.5 cm³/mol. The van der Waals surface area contributed by atoms with Crippen LogP contribution in [0.1, 0.15) is 44.7 Å². The van der Waals surface area contributed by atoms with Crippen LogP contribution in [0.3, 0.4) is 0 Å². The molecule has 0 unspecified atom stereocenters. The molecule has 0 heterocycles. The van der Waals surface area contributed by atoms with Gasteiger partial charge in [-0.15, -0.1) is 0 Å². The van der Waals surface area contributed by atoms with Gasteiger partial charge in [-0.05, 0) is 35.4 Å². The summed E-state index contributed by atoms with van der Waals surface area (Å²) >= 11 is 0. The number of hydrogen-bond acceptors (Lipinski definition) is 0. The zero-order chi connectivity index (χ0) is 15.1. The van der Waals surface area contributed by atoms with Crippen molar-refractivity contribution in [3.8, 4) is 0 Å². The minimum atomic E-state index is -9.64. The number of hydrogen-bond donors (Lipinski definition) is 0. The van der Waals surface area contributed by atoms with Crippen molar-refractivity contribution in [2.45, 2.75) is 44.9 Å². The summed E-state index contributed by atoms with van der Waals surface area (Å²) in [4.78, 5) is -1.72. The molecule has 0 aliphatic heterocycles. The van der Waals surface area contributed by atoms with Gasteiger partial charge < -0.3 is 0 Å². The second-order valence-corrected chi connectivity index (χ2v) is 7.97. The van der Waals surface area contributed by atoms with Crippen molar-refractivity contribution in [2.24, 2.45) is 5.92 Å². The van der Waals surface area contributed by atoms with E-state index in [1.165, 1.54) is 12.1 Å². The molecule has 0 saturated heterocycles. The Morgan fingerprint density at radius 1 is 0.947 bits per heavy atom. The molecule has 0 amide bonds. The molecule has 0 aliphatic rings. The van der Waals surface area contributed by atoms with E-state index in [0.29, 0.717) is 6.07 Å². The smallest absolute Gasteiger partial charge is 0.0936 e. The molecule has 0 saturated carbocycles. The van der Waals surface area contributed by atoms with Gasteiger partial charge in [-0.25, -0.2) is 0 Å². The third kappa shape index (κ3) is 4.37. The quantitative estimate of drug-likeness (QED) is 0.545. The molecular formula is C13H19F5S. The van der Waals surface area contributed by atoms with Crippen molar-refractivity contribution in [1.82, 2.24) is 0 Å². The van der Waals surface area contributed by atoms with Crippen LogP contribution in [0.2, 0.25) is 0 Å². The molecule has 0 N–H and O–H groups in total. The first-order chi connectivity index (χ1) is 8.20. The van der Waals surface area contributed by atoms with Crippen LogP contribution in [0.5, 0.6) is 0 Å². The lowest BCUT2D eigenvalue weighted by Gasteiger charge is -2.42. The molecule has 0 atom stereocenters. The van der Waals surface area contributed by atoms with Crippen LogP contribution in [0, 0.1) is 5.92 Å². The Morgan fingerprint density at radius 3 is 1.84 bits per heavy atom. The molecule has 0 aliphatic carbocycles. The van der Waals surface area contributed by atoms with E-state index in [0.717, 1.165) is 0 Å². The normalized spacial score (nSPS) is 16.6. The Hall–Kier alpha value is -0.780. The molecule has 112 valence electrons. The highest BCUT2D eigenvalue weighted by Crippen LogP contribution is 3.02. The van der Waals surface area contributed by atoms with Gasteiger partial charge in [0.25, 0.3) is 0 Å². The highest BCUT2D eigenvalue weighted by atomic mass is 32.5. The second kappa shape index (κ2) is 4.11. The first-order valence-corrected chi connectivity index (χ1v) is 8.02. The van der Waals surface area contributed by atoms with Gasteiger partial charge in [-0.2, -0.15) is 0 Å². The first kappa shape index (κ1) is 16.3. The average molecular weight is 302 g/mol. The van der Waals surface area contributed by atoms with E-state index in [2.05, 4.69) is 0 Å². The summed E-state index contributed by atoms with van der Waals surface area (Å²) < 4.78 is 65.5. The van der Waals surface area contributed by atoms with Crippen molar-refractivity contribution in [2.75, 3.05) is 0 Å². The van der Waals surface area contributed by atoms with Gasteiger partial charge in [-0.1, -0.05) is 59.3 Å². The fraction of sp³-hybridized carbons (Fsp3) is 0.538. The van der Waals surface area contributed by atoms with Crippen molar-refractivity contribution < 1.29 is 19.4 Å². The average Bonchev–Trinajstić information content (AvgIpc) is 2.12. The van der Waals surface area contributed by atoms with Crippen molar-refractivity contribution in [1.29, 1.82) is 0 Å². The topological polar surface area (TPSA) is 0 Å². The maximum atomic E-state index is 13.1. The maximum absolute atomic E-state index is 13.1. The molecule has 0 bridgehead atoms. The Labute approximate surface area is 110 Å². The summed E-state index contributed by atoms with van der Waals surface area (Å²) in [5.41, 5.74) is -0.0469. The summed E-state index contributed by atoms with van der Waals surface area (Å²) in [6.07, 6.45) is -0.0146. The number of rotatable bonds is 4. The van der Waals surface area contributed by atoms with Gasteiger partial charge in [0.1, 0.15) is 4.90 Å². The molecular weight excluding hydrogens is 283 g/mol. The first-order valence-electron chi connectivity index (χ1n) is 6.07. The van der Waals surface area contributed by atoms with E-state index in [9.17, 15) is 19.4 Å². The lowest BCUT2D eigenvalue weighted by molar-refractivity contribution is 0.361. The third-order valence-corrected chi connectivity index (χ3v) is 4.01. The minimum absolute atomic E-state index is 0.0146. The Kier molecular flexibility index (Phi) is 3.52. The second-order valence-electron chi connectivity index (χ2n) is 5.59. The van der Waals surface area contributed by atoms with Crippen LogP contribution in [0.25, 0.3) is 0 Å². The molecule has 0 aromatic heterocycles. The van der Waals surface area contributed by atoms with E-state index in [1.807, 2.05) is 0 Å². The molecule has 1 aromatic carbocycles. The third-order valence-electron chi connectivity index (χ3n) is 2.80. The van der Waals surface area contributed by atoms with E-state index in [4.69, 9.17) is 0 Å². The molecule has 19 heavy (non-hydrogen) atoms. The Bertz CT molecular complexity index is 473. The fourth-order valence-corrected chi connectivity index (χ4v) is 2.90. The van der Waals surface area contributed by atoms with Crippen molar-refractivity contribution >= 4 is 10.2 Å². The number of halogens is 5. The van der Waals surface area contributed by atoms with Gasteiger partial charge in [0.05, 0.1) is 0 Å². The van der Waals surface area contributed by atoms with Crippen LogP contribution < -0.4 is 0 Å². The summed E-state index contributed by atoms with van der Waals surface area (Å²) in [7, 11) is -9.64. The predicted octanol–water partition coefficient (Wildman–Crippen LogP) is 6.67. The number of benzene rings is 1. The van der Waals surface area contributed by atoms with Crippen LogP contribution >= 0.6 is 10.2 Å². The van der Waals surface area contributed by atoms with E-state index in [-0.39, 0.29) is 29.4 Å². The van der Waals surface area contributed by atoms with Crippen molar-refractivity contribution in [3.63, 3.8) is 0 Å². The molecule has 0 nitrogen and oxygen atoms in total. The summed E-state index contributed by atoms with van der Waals surface area (Å²) in [6, 6.07) is 3.29. The van der Waals surface area contributed by atoms with Gasteiger partial charge in [0.15, 0.2) is 0 Å². The largest absolute Gasteiger partial charge is 0.310 e. The van der Waals surface area contributed by atoms with Gasteiger partial charge >= 0.3 is 10.2 Å². The SMILES string of the molecule is CC(C)Cc1ccc(C(C)C)cc1S(F)(F)(F)(F)F. The van der Waals surface area contributed by atoms with Crippen LogP contribution in [-0.4, -0.2) is 0 Å². The van der Waals surface area contributed by atoms with E-state index >= 15 is 0 Å². The summed E-state index contributed by atoms with van der Waals surface area (Å²) in [5, 5.41) is 0. The van der Waals surface area contributed by atoms with Crippen molar-refractivity contribution in [3.05, 3.63) is 29.3 Å². The fourth-order valence-electron chi connectivity index (χ4n) is 1.90. The highest BCUT2D eigenvalue weighted by molar-refractivity contribution is 8.45. The summed E-state index contributed by atoms with van der Waals surface area (Å²) in [5.74, 6) is -0.351. The van der Waals surface area contributed by atoms with Crippen LogP contribution in [0.4, 0.5) is 19.4 Å². The lowest BCUT2D eigenvalue weighted by Crippen LogP contribution is -2.12. The zero-order valence-electron chi connectivity index (χ0n) is 11.4. The molecule has 1 rings (SSSR count). The van der Waals surface area contributed by atoms with Gasteiger partial charge in [0, 0.05) is 0 Å². The molecule has 6 heteroatoms. The highest BCUT2D eigenvalue weighted by Gasteiger charge is 2.66. The monoisotopic (exact) mass is 302 g/mol. The lowest BCUT2D eigenvalue weighted by atomic mass is 9.98. The van der Waals surface area contributed by atoms with E-state index in [1.54, 1.807) is 27.7 Å². The standard InChI is InChI=1S/C13H19F5S/c1-9(2)7-12-6-5-11(10(3)4)8-13(12)19(14,15,16,17)18/h5-6,8-10H,7H2,1-4H3. The molecule has 1 aromatic rings. The zero-order valence-corrected chi connectivity index (χ0v) is 12.2. The van der Waals surface area contributed by atoms with Gasteiger partial charge in [-0.3, -0.25) is 0 Å².